The Morgan fingerprint density at radius 1 is 0.478 bits per heavy atom. The molecule has 0 amide bonds. The molecule has 0 saturated heterocycles. The number of aliphatic hydroxyl groups excluding tert-OH is 1. The van der Waals surface area contributed by atoms with Gasteiger partial charge in [-0.15, -0.1) is 0 Å². The van der Waals surface area contributed by atoms with Gasteiger partial charge in [0.05, 0.1) is 26.4 Å². The van der Waals surface area contributed by atoms with Crippen LogP contribution in [0.3, 0.4) is 0 Å². The molecule has 0 aliphatic heterocycles. The zero-order chi connectivity index (χ0) is 16.8. The van der Waals surface area contributed by atoms with Crippen LogP contribution in [0.15, 0.2) is 0 Å². The molecule has 0 unspecified atom stereocenters. The molecule has 0 aromatic carbocycles. The summed E-state index contributed by atoms with van der Waals surface area (Å²) in [6.07, 6.45) is 19.5. The fourth-order valence-corrected chi connectivity index (χ4v) is 2.79. The second-order valence-corrected chi connectivity index (χ2v) is 6.54. The van der Waals surface area contributed by atoms with Crippen LogP contribution >= 0.6 is 0 Å². The number of unbranched alkanes of at least 4 members (excludes halogenated alkanes) is 13. The molecule has 0 spiro atoms. The molecular formula is C20H42O3. The van der Waals surface area contributed by atoms with E-state index in [1.807, 2.05) is 0 Å². The molecule has 0 bridgehead atoms. The van der Waals surface area contributed by atoms with Gasteiger partial charge < -0.3 is 14.6 Å². The van der Waals surface area contributed by atoms with Gasteiger partial charge in [-0.2, -0.15) is 0 Å². The van der Waals surface area contributed by atoms with Crippen molar-refractivity contribution in [2.45, 2.75) is 96.8 Å². The number of ether oxygens (including phenoxy) is 2. The summed E-state index contributed by atoms with van der Waals surface area (Å²) < 4.78 is 10.6. The lowest BCUT2D eigenvalue weighted by atomic mass is 10.0. The Labute approximate surface area is 145 Å². The summed E-state index contributed by atoms with van der Waals surface area (Å²) >= 11 is 0. The second kappa shape index (κ2) is 21.9. The normalized spacial score (nSPS) is 11.2. The van der Waals surface area contributed by atoms with Gasteiger partial charge in [-0.05, 0) is 6.42 Å². The first-order valence-electron chi connectivity index (χ1n) is 10.2. The van der Waals surface area contributed by atoms with Crippen LogP contribution in [-0.4, -0.2) is 38.1 Å². The lowest BCUT2D eigenvalue weighted by Crippen LogP contribution is -2.07. The van der Waals surface area contributed by atoms with Gasteiger partial charge in [-0.25, -0.2) is 0 Å². The van der Waals surface area contributed by atoms with E-state index in [-0.39, 0.29) is 6.61 Å². The van der Waals surface area contributed by atoms with Crippen LogP contribution in [0.5, 0.6) is 0 Å². The Hall–Kier alpha value is -0.120. The van der Waals surface area contributed by atoms with Gasteiger partial charge in [0.2, 0.25) is 0 Å². The minimum absolute atomic E-state index is 0.0962. The summed E-state index contributed by atoms with van der Waals surface area (Å²) in [7, 11) is 0. The largest absolute Gasteiger partial charge is 0.394 e. The first kappa shape index (κ1) is 22.9. The molecule has 1 N–H and O–H groups in total. The highest BCUT2D eigenvalue weighted by Crippen LogP contribution is 2.12. The predicted octanol–water partition coefficient (Wildman–Crippen LogP) is 5.49. The van der Waals surface area contributed by atoms with Crippen LogP contribution in [0.4, 0.5) is 0 Å². The van der Waals surface area contributed by atoms with E-state index in [0.29, 0.717) is 19.8 Å². The Morgan fingerprint density at radius 3 is 1.30 bits per heavy atom. The molecule has 0 fully saturated rings. The zero-order valence-corrected chi connectivity index (χ0v) is 15.7. The number of rotatable bonds is 20. The SMILES string of the molecule is CCCCCCCCCCCCCCCCOCCOCCO. The van der Waals surface area contributed by atoms with Gasteiger partial charge in [0.1, 0.15) is 0 Å². The zero-order valence-electron chi connectivity index (χ0n) is 15.7. The molecule has 3 nitrogen and oxygen atoms in total. The monoisotopic (exact) mass is 330 g/mol. The van der Waals surface area contributed by atoms with Gasteiger partial charge in [-0.3, -0.25) is 0 Å². The molecule has 0 aromatic rings. The minimum atomic E-state index is 0.0962. The smallest absolute Gasteiger partial charge is 0.0701 e. The lowest BCUT2D eigenvalue weighted by Gasteiger charge is -2.05. The summed E-state index contributed by atoms with van der Waals surface area (Å²) in [5.74, 6) is 0. The molecule has 0 aliphatic carbocycles. The molecule has 0 aliphatic rings. The Morgan fingerprint density at radius 2 is 0.870 bits per heavy atom. The summed E-state index contributed by atoms with van der Waals surface area (Å²) in [5, 5.41) is 8.54. The Balaban J connectivity index is 2.92. The van der Waals surface area contributed by atoms with E-state index >= 15 is 0 Å². The predicted molar refractivity (Wildman–Crippen MR) is 99.0 cm³/mol. The number of aliphatic hydroxyl groups is 1. The first-order chi connectivity index (χ1) is 11.4. The highest BCUT2D eigenvalue weighted by atomic mass is 16.5. The number of hydrogen-bond donors (Lipinski definition) is 1. The van der Waals surface area contributed by atoms with Crippen LogP contribution in [0, 0.1) is 0 Å². The Bertz CT molecular complexity index is 177. The van der Waals surface area contributed by atoms with Gasteiger partial charge in [0.25, 0.3) is 0 Å². The van der Waals surface area contributed by atoms with Crippen LogP contribution in [0.25, 0.3) is 0 Å². The fraction of sp³-hybridized carbons (Fsp3) is 1.00. The minimum Gasteiger partial charge on any atom is -0.394 e. The summed E-state index contributed by atoms with van der Waals surface area (Å²) in [4.78, 5) is 0. The lowest BCUT2D eigenvalue weighted by molar-refractivity contribution is 0.0321. The fourth-order valence-electron chi connectivity index (χ4n) is 2.79. The molecular weight excluding hydrogens is 288 g/mol. The number of hydrogen-bond acceptors (Lipinski definition) is 3. The average Bonchev–Trinajstić information content (AvgIpc) is 2.57. The van der Waals surface area contributed by atoms with Crippen molar-refractivity contribution in [2.24, 2.45) is 0 Å². The van der Waals surface area contributed by atoms with Crippen LogP contribution in [-0.2, 0) is 9.47 Å². The van der Waals surface area contributed by atoms with Crippen molar-refractivity contribution in [3.05, 3.63) is 0 Å². The molecule has 0 saturated carbocycles. The summed E-state index contributed by atoms with van der Waals surface area (Å²) in [6.45, 7) is 4.89. The summed E-state index contributed by atoms with van der Waals surface area (Å²) in [5.41, 5.74) is 0. The maximum Gasteiger partial charge on any atom is 0.0701 e. The third kappa shape index (κ3) is 21.9. The van der Waals surface area contributed by atoms with Crippen molar-refractivity contribution < 1.29 is 14.6 Å². The van der Waals surface area contributed by atoms with E-state index in [1.54, 1.807) is 0 Å². The van der Waals surface area contributed by atoms with Crippen molar-refractivity contribution in [3.63, 3.8) is 0 Å². The van der Waals surface area contributed by atoms with Crippen molar-refractivity contribution in [3.8, 4) is 0 Å². The molecule has 0 heterocycles. The average molecular weight is 331 g/mol. The van der Waals surface area contributed by atoms with Crippen LogP contribution in [0.1, 0.15) is 96.8 Å². The van der Waals surface area contributed by atoms with E-state index in [0.717, 1.165) is 13.0 Å². The van der Waals surface area contributed by atoms with Gasteiger partial charge in [-0.1, -0.05) is 90.4 Å². The summed E-state index contributed by atoms with van der Waals surface area (Å²) in [6, 6.07) is 0. The molecule has 3 heteroatoms. The van der Waals surface area contributed by atoms with E-state index < -0.39 is 0 Å². The van der Waals surface area contributed by atoms with Gasteiger partial charge in [0, 0.05) is 6.61 Å². The third-order valence-corrected chi connectivity index (χ3v) is 4.25. The van der Waals surface area contributed by atoms with Gasteiger partial charge >= 0.3 is 0 Å². The quantitative estimate of drug-likeness (QED) is 0.300. The molecule has 0 rings (SSSR count). The molecule has 0 atom stereocenters. The van der Waals surface area contributed by atoms with Crippen LogP contribution in [0.2, 0.25) is 0 Å². The van der Waals surface area contributed by atoms with Crippen LogP contribution < -0.4 is 0 Å². The maximum atomic E-state index is 8.54. The van der Waals surface area contributed by atoms with Crippen molar-refractivity contribution >= 4 is 0 Å². The molecule has 0 radical (unpaired) electrons. The van der Waals surface area contributed by atoms with Gasteiger partial charge in [0.15, 0.2) is 0 Å². The van der Waals surface area contributed by atoms with E-state index in [2.05, 4.69) is 6.92 Å². The van der Waals surface area contributed by atoms with Crippen molar-refractivity contribution in [1.29, 1.82) is 0 Å². The highest BCUT2D eigenvalue weighted by Gasteiger charge is 1.94. The maximum absolute atomic E-state index is 8.54. The van der Waals surface area contributed by atoms with Crippen molar-refractivity contribution in [2.75, 3.05) is 33.0 Å². The highest BCUT2D eigenvalue weighted by molar-refractivity contribution is 4.49. The molecule has 140 valence electrons. The first-order valence-corrected chi connectivity index (χ1v) is 10.2. The van der Waals surface area contributed by atoms with E-state index in [4.69, 9.17) is 14.6 Å². The van der Waals surface area contributed by atoms with E-state index in [9.17, 15) is 0 Å². The third-order valence-electron chi connectivity index (χ3n) is 4.25. The standard InChI is InChI=1S/C20H42O3/c1-2-3-4-5-6-7-8-9-10-11-12-13-14-15-17-22-19-20-23-18-16-21/h21H,2-20H2,1H3. The topological polar surface area (TPSA) is 38.7 Å². The van der Waals surface area contributed by atoms with Crippen molar-refractivity contribution in [1.82, 2.24) is 0 Å². The Kier molecular flexibility index (Phi) is 21.8. The van der Waals surface area contributed by atoms with E-state index in [1.165, 1.54) is 83.5 Å². The second-order valence-electron chi connectivity index (χ2n) is 6.54. The molecule has 0 aromatic heterocycles. The molecule has 23 heavy (non-hydrogen) atoms.